The second-order valence-electron chi connectivity index (χ2n) is 6.01. The van der Waals surface area contributed by atoms with Gasteiger partial charge in [-0.05, 0) is 18.6 Å². The molecule has 0 bridgehead atoms. The van der Waals surface area contributed by atoms with E-state index in [1.54, 1.807) is 18.1 Å². The minimum atomic E-state index is -0.0120. The van der Waals surface area contributed by atoms with Crippen molar-refractivity contribution in [2.24, 2.45) is 0 Å². The average molecular weight is 386 g/mol. The lowest BCUT2D eigenvalue weighted by Crippen LogP contribution is -2.39. The third kappa shape index (κ3) is 5.03. The number of carbonyl (C=O) groups is 2. The Bertz CT molecular complexity index is 623. The van der Waals surface area contributed by atoms with Gasteiger partial charge < -0.3 is 20.3 Å². The molecule has 1 atom stereocenters. The maximum Gasteiger partial charge on any atom is 0.227 e. The number of nitrogens with zero attached hydrogens (tertiary/aromatic N) is 1. The molecule has 25 heavy (non-hydrogen) atoms. The molecule has 0 aliphatic carbocycles. The van der Waals surface area contributed by atoms with Crippen LogP contribution >= 0.6 is 24.2 Å². The Morgan fingerprint density at radius 1 is 1.48 bits per heavy atom. The van der Waals surface area contributed by atoms with Gasteiger partial charge in [0.2, 0.25) is 11.8 Å². The number of rotatable bonds is 5. The van der Waals surface area contributed by atoms with Gasteiger partial charge in [-0.2, -0.15) is 11.8 Å². The van der Waals surface area contributed by atoms with Gasteiger partial charge in [0.15, 0.2) is 0 Å². The van der Waals surface area contributed by atoms with Crippen LogP contribution in [0.3, 0.4) is 0 Å². The molecule has 6 nitrogen and oxygen atoms in total. The zero-order valence-electron chi connectivity index (χ0n) is 14.2. The standard InChI is InChI=1S/C17H23N3O3S.ClH/c1-23-15-9-12(4-5-14(15)20-7-2-3-17(20)22)19-16(21)10-13-11-24-8-6-18-13;/h4-5,9,13,18H,2-3,6-8,10-11H2,1H3,(H,19,21);1H. The Balaban J connectivity index is 0.00000225. The molecule has 2 amide bonds. The number of hydrogen-bond donors (Lipinski definition) is 2. The van der Waals surface area contributed by atoms with E-state index in [1.165, 1.54) is 0 Å². The summed E-state index contributed by atoms with van der Waals surface area (Å²) < 4.78 is 5.42. The third-order valence-electron chi connectivity index (χ3n) is 4.26. The summed E-state index contributed by atoms with van der Waals surface area (Å²) in [4.78, 5) is 25.9. The Kier molecular flexibility index (Phi) is 7.40. The van der Waals surface area contributed by atoms with Crippen LogP contribution in [0.5, 0.6) is 5.75 Å². The summed E-state index contributed by atoms with van der Waals surface area (Å²) in [5.74, 6) is 2.78. The van der Waals surface area contributed by atoms with Crippen molar-refractivity contribution in [2.45, 2.75) is 25.3 Å². The Labute approximate surface area is 158 Å². The predicted molar refractivity (Wildman–Crippen MR) is 104 cm³/mol. The summed E-state index contributed by atoms with van der Waals surface area (Å²) in [6.45, 7) is 1.67. The normalized spacial score (nSPS) is 20.1. The Morgan fingerprint density at radius 2 is 2.32 bits per heavy atom. The molecule has 1 unspecified atom stereocenters. The summed E-state index contributed by atoms with van der Waals surface area (Å²) in [7, 11) is 1.58. The summed E-state index contributed by atoms with van der Waals surface area (Å²) >= 11 is 1.87. The lowest BCUT2D eigenvalue weighted by atomic mass is 10.2. The average Bonchev–Trinajstić information content (AvgIpc) is 3.01. The van der Waals surface area contributed by atoms with Crippen LogP contribution in [0.4, 0.5) is 11.4 Å². The van der Waals surface area contributed by atoms with Crippen LogP contribution in [-0.2, 0) is 9.59 Å². The molecule has 2 saturated heterocycles. The maximum absolute atomic E-state index is 12.2. The number of anilines is 2. The van der Waals surface area contributed by atoms with Crippen molar-refractivity contribution in [1.29, 1.82) is 0 Å². The van der Waals surface area contributed by atoms with Crippen LogP contribution in [0.25, 0.3) is 0 Å². The van der Waals surface area contributed by atoms with E-state index in [2.05, 4.69) is 10.6 Å². The fraction of sp³-hybridized carbons (Fsp3) is 0.529. The lowest BCUT2D eigenvalue weighted by Gasteiger charge is -2.23. The topological polar surface area (TPSA) is 70.7 Å². The highest BCUT2D eigenvalue weighted by Crippen LogP contribution is 2.33. The summed E-state index contributed by atoms with van der Waals surface area (Å²) in [6, 6.07) is 5.67. The van der Waals surface area contributed by atoms with Crippen LogP contribution in [0.1, 0.15) is 19.3 Å². The van der Waals surface area contributed by atoms with Crippen molar-refractivity contribution in [3.8, 4) is 5.75 Å². The molecule has 1 aromatic rings. The second-order valence-corrected chi connectivity index (χ2v) is 7.16. The zero-order valence-corrected chi connectivity index (χ0v) is 15.9. The van der Waals surface area contributed by atoms with Gasteiger partial charge in [0.1, 0.15) is 5.75 Å². The quantitative estimate of drug-likeness (QED) is 0.813. The number of thioether (sulfide) groups is 1. The van der Waals surface area contributed by atoms with E-state index < -0.39 is 0 Å². The van der Waals surface area contributed by atoms with Crippen LogP contribution in [-0.4, -0.2) is 49.6 Å². The van der Waals surface area contributed by atoms with Gasteiger partial charge in [0.25, 0.3) is 0 Å². The number of amides is 2. The first-order valence-electron chi connectivity index (χ1n) is 8.27. The molecule has 2 fully saturated rings. The van der Waals surface area contributed by atoms with Crippen LogP contribution in [0.2, 0.25) is 0 Å². The first kappa shape index (κ1) is 19.9. The third-order valence-corrected chi connectivity index (χ3v) is 5.39. The number of methoxy groups -OCH3 is 1. The predicted octanol–water partition coefficient (Wildman–Crippen LogP) is 2.28. The highest BCUT2D eigenvalue weighted by molar-refractivity contribution is 7.99. The first-order chi connectivity index (χ1) is 11.7. The highest BCUT2D eigenvalue weighted by atomic mass is 35.5. The zero-order chi connectivity index (χ0) is 16.9. The number of nitrogens with one attached hydrogen (secondary N) is 2. The van der Waals surface area contributed by atoms with Gasteiger partial charge in [0, 0.05) is 55.2 Å². The van der Waals surface area contributed by atoms with Gasteiger partial charge >= 0.3 is 0 Å². The molecule has 0 aromatic heterocycles. The van der Waals surface area contributed by atoms with E-state index in [9.17, 15) is 9.59 Å². The molecule has 2 aliphatic heterocycles. The molecule has 3 rings (SSSR count). The molecule has 2 N–H and O–H groups in total. The molecule has 138 valence electrons. The fourth-order valence-electron chi connectivity index (χ4n) is 3.07. The first-order valence-corrected chi connectivity index (χ1v) is 9.42. The molecular weight excluding hydrogens is 362 g/mol. The van der Waals surface area contributed by atoms with Crippen molar-refractivity contribution in [3.05, 3.63) is 18.2 Å². The molecule has 2 aliphatic rings. The largest absolute Gasteiger partial charge is 0.494 e. The van der Waals surface area contributed by atoms with Crippen LogP contribution in [0, 0.1) is 0 Å². The van der Waals surface area contributed by atoms with Gasteiger partial charge in [0.05, 0.1) is 12.8 Å². The second kappa shape index (κ2) is 9.31. The molecule has 0 saturated carbocycles. The SMILES string of the molecule is COc1cc(NC(=O)CC2CSCCN2)ccc1N1CCCC1=O.Cl. The Hall–Kier alpha value is -1.44. The molecular formula is C17H24ClN3O3S. The van der Waals surface area contributed by atoms with E-state index in [4.69, 9.17) is 4.74 Å². The molecule has 1 aromatic carbocycles. The van der Waals surface area contributed by atoms with Crippen LogP contribution in [0.15, 0.2) is 18.2 Å². The number of halogens is 1. The number of ether oxygens (including phenoxy) is 1. The van der Waals surface area contributed by atoms with E-state index in [-0.39, 0.29) is 30.3 Å². The van der Waals surface area contributed by atoms with E-state index >= 15 is 0 Å². The smallest absolute Gasteiger partial charge is 0.227 e. The van der Waals surface area contributed by atoms with Gasteiger partial charge in [-0.25, -0.2) is 0 Å². The minimum absolute atomic E-state index is 0. The van der Waals surface area contributed by atoms with Crippen molar-refractivity contribution in [2.75, 3.05) is 41.9 Å². The molecule has 0 spiro atoms. The van der Waals surface area contributed by atoms with Crippen molar-refractivity contribution >= 4 is 47.4 Å². The van der Waals surface area contributed by atoms with Crippen molar-refractivity contribution in [1.82, 2.24) is 5.32 Å². The minimum Gasteiger partial charge on any atom is -0.494 e. The summed E-state index contributed by atoms with van der Waals surface area (Å²) in [5, 5.41) is 6.28. The van der Waals surface area contributed by atoms with E-state index in [1.807, 2.05) is 23.9 Å². The van der Waals surface area contributed by atoms with Gasteiger partial charge in [-0.15, -0.1) is 12.4 Å². The van der Waals surface area contributed by atoms with E-state index in [0.717, 1.165) is 30.2 Å². The van der Waals surface area contributed by atoms with Crippen molar-refractivity contribution < 1.29 is 14.3 Å². The molecule has 0 radical (unpaired) electrons. The lowest BCUT2D eigenvalue weighted by molar-refractivity contribution is -0.117. The summed E-state index contributed by atoms with van der Waals surface area (Å²) in [6.07, 6.45) is 1.91. The van der Waals surface area contributed by atoms with Crippen LogP contribution < -0.4 is 20.3 Å². The molecule has 2 heterocycles. The van der Waals surface area contributed by atoms with E-state index in [0.29, 0.717) is 30.8 Å². The monoisotopic (exact) mass is 385 g/mol. The number of carbonyl (C=O) groups excluding carboxylic acids is 2. The molecule has 8 heteroatoms. The Morgan fingerprint density at radius 3 is 2.96 bits per heavy atom. The highest BCUT2D eigenvalue weighted by Gasteiger charge is 2.24. The van der Waals surface area contributed by atoms with Crippen molar-refractivity contribution in [3.63, 3.8) is 0 Å². The number of hydrogen-bond acceptors (Lipinski definition) is 5. The fourth-order valence-corrected chi connectivity index (χ4v) is 4.02. The van der Waals surface area contributed by atoms with Gasteiger partial charge in [-0.3, -0.25) is 9.59 Å². The van der Waals surface area contributed by atoms with Gasteiger partial charge in [-0.1, -0.05) is 0 Å². The summed E-state index contributed by atoms with van der Waals surface area (Å²) in [5.41, 5.74) is 1.46. The maximum atomic E-state index is 12.2. The number of benzene rings is 1.